The van der Waals surface area contributed by atoms with Crippen LogP contribution in [0.4, 0.5) is 5.69 Å². The van der Waals surface area contributed by atoms with Crippen molar-refractivity contribution < 1.29 is 0 Å². The minimum absolute atomic E-state index is 0.816. The smallest absolute Gasteiger partial charge is 0.0931 e. The van der Waals surface area contributed by atoms with Gasteiger partial charge in [0.25, 0.3) is 0 Å². The highest BCUT2D eigenvalue weighted by Crippen LogP contribution is 2.33. The number of benzene rings is 1. The van der Waals surface area contributed by atoms with Gasteiger partial charge in [0.15, 0.2) is 0 Å². The fourth-order valence-corrected chi connectivity index (χ4v) is 3.86. The maximum absolute atomic E-state index is 5.89. The Labute approximate surface area is 116 Å². The van der Waals surface area contributed by atoms with Crippen molar-refractivity contribution in [1.29, 1.82) is 0 Å². The van der Waals surface area contributed by atoms with Crippen LogP contribution >= 0.6 is 50.6 Å². The van der Waals surface area contributed by atoms with E-state index in [2.05, 4.69) is 15.9 Å². The van der Waals surface area contributed by atoms with Crippen molar-refractivity contribution in [3.63, 3.8) is 0 Å². The minimum Gasteiger partial charge on any atom is -0.398 e. The predicted molar refractivity (Wildman–Crippen MR) is 77.4 cm³/mol. The molecule has 84 valence electrons. The Morgan fingerprint density at radius 1 is 1.31 bits per heavy atom. The Morgan fingerprint density at radius 2 is 2.12 bits per heavy atom. The van der Waals surface area contributed by atoms with Gasteiger partial charge >= 0.3 is 0 Å². The van der Waals surface area contributed by atoms with Crippen molar-refractivity contribution in [3.8, 4) is 0 Å². The highest BCUT2D eigenvalue weighted by molar-refractivity contribution is 9.10. The summed E-state index contributed by atoms with van der Waals surface area (Å²) in [5.41, 5.74) is 6.71. The van der Waals surface area contributed by atoms with Crippen LogP contribution in [0.5, 0.6) is 0 Å². The van der Waals surface area contributed by atoms with Crippen LogP contribution in [0, 0.1) is 0 Å². The molecule has 0 radical (unpaired) electrons. The standard InChI is InChI=1S/C11H9BrClNS2/c12-7-1-3-9(14)10(5-7)15-6-8-2-4-11(13)16-8/h1-5H,6,14H2. The van der Waals surface area contributed by atoms with Crippen LogP contribution in [0.2, 0.25) is 4.34 Å². The average molecular weight is 335 g/mol. The Morgan fingerprint density at radius 3 is 2.81 bits per heavy atom. The summed E-state index contributed by atoms with van der Waals surface area (Å²) in [5, 5.41) is 0. The maximum atomic E-state index is 5.89. The molecule has 1 heterocycles. The molecule has 0 aliphatic rings. The molecule has 16 heavy (non-hydrogen) atoms. The third kappa shape index (κ3) is 3.17. The van der Waals surface area contributed by atoms with Crippen LogP contribution in [0.15, 0.2) is 39.7 Å². The van der Waals surface area contributed by atoms with Crippen molar-refractivity contribution in [2.24, 2.45) is 0 Å². The van der Waals surface area contributed by atoms with Crippen molar-refractivity contribution in [3.05, 3.63) is 44.0 Å². The molecule has 1 aromatic carbocycles. The van der Waals surface area contributed by atoms with Crippen LogP contribution in [0.25, 0.3) is 0 Å². The molecule has 0 unspecified atom stereocenters. The van der Waals surface area contributed by atoms with Gasteiger partial charge in [0.05, 0.1) is 4.34 Å². The summed E-state index contributed by atoms with van der Waals surface area (Å²) < 4.78 is 1.88. The number of nitrogens with two attached hydrogens (primary N) is 1. The first kappa shape index (κ1) is 12.3. The van der Waals surface area contributed by atoms with E-state index in [1.54, 1.807) is 23.1 Å². The third-order valence-corrected chi connectivity index (χ3v) is 5.00. The van der Waals surface area contributed by atoms with E-state index in [9.17, 15) is 0 Å². The lowest BCUT2D eigenvalue weighted by molar-refractivity contribution is 1.41. The number of hydrogen-bond donors (Lipinski definition) is 1. The zero-order chi connectivity index (χ0) is 11.5. The fraction of sp³-hybridized carbons (Fsp3) is 0.0909. The first-order valence-electron chi connectivity index (χ1n) is 4.57. The SMILES string of the molecule is Nc1ccc(Br)cc1SCc1ccc(Cl)s1. The summed E-state index contributed by atoms with van der Waals surface area (Å²) in [7, 11) is 0. The van der Waals surface area contributed by atoms with E-state index in [-0.39, 0.29) is 0 Å². The second-order valence-electron chi connectivity index (χ2n) is 3.18. The topological polar surface area (TPSA) is 26.0 Å². The van der Waals surface area contributed by atoms with Crippen LogP contribution in [0.3, 0.4) is 0 Å². The first-order valence-corrected chi connectivity index (χ1v) is 7.54. The summed E-state index contributed by atoms with van der Waals surface area (Å²) in [5.74, 6) is 0.901. The summed E-state index contributed by atoms with van der Waals surface area (Å²) in [6.45, 7) is 0. The molecule has 0 amide bonds. The summed E-state index contributed by atoms with van der Waals surface area (Å²) in [6.07, 6.45) is 0. The average Bonchev–Trinajstić information content (AvgIpc) is 2.66. The van der Waals surface area contributed by atoms with Gasteiger partial charge in [-0.1, -0.05) is 27.5 Å². The highest BCUT2D eigenvalue weighted by Gasteiger charge is 2.03. The molecule has 0 aliphatic carbocycles. The molecule has 2 rings (SSSR count). The van der Waals surface area contributed by atoms with Gasteiger partial charge in [0.1, 0.15) is 0 Å². The second kappa shape index (κ2) is 5.45. The van der Waals surface area contributed by atoms with E-state index in [1.165, 1.54) is 4.88 Å². The highest BCUT2D eigenvalue weighted by atomic mass is 79.9. The number of anilines is 1. The molecular formula is C11H9BrClNS2. The molecule has 0 saturated carbocycles. The molecule has 0 fully saturated rings. The van der Waals surface area contributed by atoms with Crippen LogP contribution in [-0.4, -0.2) is 0 Å². The number of hydrogen-bond acceptors (Lipinski definition) is 3. The molecule has 1 nitrogen and oxygen atoms in total. The summed E-state index contributed by atoms with van der Waals surface area (Å²) in [4.78, 5) is 2.35. The number of thiophene rings is 1. The lowest BCUT2D eigenvalue weighted by atomic mass is 10.3. The zero-order valence-corrected chi connectivity index (χ0v) is 12.2. The van der Waals surface area contributed by atoms with E-state index in [0.717, 1.165) is 25.1 Å². The molecule has 1 aromatic heterocycles. The number of nitrogen functional groups attached to an aromatic ring is 1. The van der Waals surface area contributed by atoms with Crippen molar-refractivity contribution >= 4 is 56.3 Å². The molecule has 2 N–H and O–H groups in total. The molecule has 2 aromatic rings. The molecule has 0 atom stereocenters. The monoisotopic (exact) mass is 333 g/mol. The third-order valence-electron chi connectivity index (χ3n) is 1.97. The first-order chi connectivity index (χ1) is 7.65. The van der Waals surface area contributed by atoms with Crippen molar-refractivity contribution in [2.45, 2.75) is 10.6 Å². The van der Waals surface area contributed by atoms with E-state index in [0.29, 0.717) is 0 Å². The molecular weight excluding hydrogens is 326 g/mol. The molecule has 5 heteroatoms. The maximum Gasteiger partial charge on any atom is 0.0931 e. The van der Waals surface area contributed by atoms with Gasteiger partial charge in [-0.2, -0.15) is 0 Å². The predicted octanol–water partition coefficient (Wildman–Crippen LogP) is 5.04. The number of halogens is 2. The van der Waals surface area contributed by atoms with Gasteiger partial charge in [-0.3, -0.25) is 0 Å². The Hall–Kier alpha value is -0.160. The largest absolute Gasteiger partial charge is 0.398 e. The number of rotatable bonds is 3. The molecule has 0 spiro atoms. The Bertz CT molecular complexity index is 498. The van der Waals surface area contributed by atoms with Gasteiger partial charge in [-0.15, -0.1) is 23.1 Å². The quantitative estimate of drug-likeness (QED) is 0.628. The summed E-state index contributed by atoms with van der Waals surface area (Å²) in [6, 6.07) is 9.87. The molecule has 0 aliphatic heterocycles. The molecule has 0 saturated heterocycles. The Kier molecular flexibility index (Phi) is 4.19. The van der Waals surface area contributed by atoms with Crippen LogP contribution in [0.1, 0.15) is 4.88 Å². The van der Waals surface area contributed by atoms with Crippen LogP contribution < -0.4 is 5.73 Å². The van der Waals surface area contributed by atoms with E-state index >= 15 is 0 Å². The molecule has 0 bridgehead atoms. The zero-order valence-electron chi connectivity index (χ0n) is 8.24. The number of thioether (sulfide) groups is 1. The minimum atomic E-state index is 0.816. The lowest BCUT2D eigenvalue weighted by Gasteiger charge is -2.04. The second-order valence-corrected chi connectivity index (χ2v) is 6.91. The fourth-order valence-electron chi connectivity index (χ4n) is 1.21. The van der Waals surface area contributed by atoms with Gasteiger partial charge in [0.2, 0.25) is 0 Å². The van der Waals surface area contributed by atoms with Gasteiger partial charge < -0.3 is 5.73 Å². The van der Waals surface area contributed by atoms with Gasteiger partial charge in [-0.25, -0.2) is 0 Å². The normalized spacial score (nSPS) is 10.6. The van der Waals surface area contributed by atoms with E-state index < -0.39 is 0 Å². The van der Waals surface area contributed by atoms with Gasteiger partial charge in [-0.05, 0) is 30.3 Å². The van der Waals surface area contributed by atoms with Crippen molar-refractivity contribution in [1.82, 2.24) is 0 Å². The van der Waals surface area contributed by atoms with E-state index in [1.807, 2.05) is 30.3 Å². The van der Waals surface area contributed by atoms with Crippen molar-refractivity contribution in [2.75, 3.05) is 5.73 Å². The Balaban J connectivity index is 2.07. The summed E-state index contributed by atoms with van der Waals surface area (Å²) >= 11 is 12.6. The van der Waals surface area contributed by atoms with E-state index in [4.69, 9.17) is 17.3 Å². The lowest BCUT2D eigenvalue weighted by Crippen LogP contribution is -1.88. The van der Waals surface area contributed by atoms with Gasteiger partial charge in [0, 0.05) is 25.7 Å². The van der Waals surface area contributed by atoms with Crippen LogP contribution in [-0.2, 0) is 5.75 Å².